The van der Waals surface area contributed by atoms with E-state index >= 15 is 0 Å². The number of rotatable bonds is 4. The minimum absolute atomic E-state index is 0.477. The van der Waals surface area contributed by atoms with Crippen molar-refractivity contribution in [3.63, 3.8) is 0 Å². The Labute approximate surface area is 144 Å². The van der Waals surface area contributed by atoms with Crippen LogP contribution in [0.5, 0.6) is 0 Å². The average molecular weight is 345 g/mol. The Morgan fingerprint density at radius 2 is 1.78 bits per heavy atom. The third-order valence-electron chi connectivity index (χ3n) is 3.28. The molecule has 0 aliphatic heterocycles. The van der Waals surface area contributed by atoms with Crippen LogP contribution in [0.4, 0.5) is 5.69 Å². The average Bonchev–Trinajstić information content (AvgIpc) is 3.01. The molecule has 0 fully saturated rings. The lowest BCUT2D eigenvalue weighted by Gasteiger charge is -2.02. The molecule has 0 radical (unpaired) electrons. The first kappa shape index (κ1) is 15.7. The summed E-state index contributed by atoms with van der Waals surface area (Å²) >= 11 is 12.2. The Morgan fingerprint density at radius 1 is 1.00 bits per heavy atom. The SMILES string of the molecule is Cc1ccc(NN=Cc2ccc(-c3cccc(Cl)c3Cl)o2)cc1. The minimum Gasteiger partial charge on any atom is -0.455 e. The predicted molar refractivity (Wildman–Crippen MR) is 96.6 cm³/mol. The second-order valence-corrected chi connectivity index (χ2v) is 5.82. The summed E-state index contributed by atoms with van der Waals surface area (Å²) in [5, 5.41) is 5.13. The molecule has 0 saturated heterocycles. The molecule has 3 rings (SSSR count). The zero-order chi connectivity index (χ0) is 16.2. The summed E-state index contributed by atoms with van der Waals surface area (Å²) in [6.07, 6.45) is 1.61. The van der Waals surface area contributed by atoms with Crippen LogP contribution in [0.1, 0.15) is 11.3 Å². The summed E-state index contributed by atoms with van der Waals surface area (Å²) in [5.74, 6) is 1.27. The monoisotopic (exact) mass is 344 g/mol. The van der Waals surface area contributed by atoms with Gasteiger partial charge in [-0.3, -0.25) is 5.43 Å². The van der Waals surface area contributed by atoms with Crippen molar-refractivity contribution in [2.45, 2.75) is 6.92 Å². The van der Waals surface area contributed by atoms with Crippen molar-refractivity contribution >= 4 is 35.1 Å². The van der Waals surface area contributed by atoms with E-state index in [-0.39, 0.29) is 0 Å². The van der Waals surface area contributed by atoms with Crippen LogP contribution in [0.3, 0.4) is 0 Å². The lowest BCUT2D eigenvalue weighted by molar-refractivity contribution is 0.575. The van der Waals surface area contributed by atoms with Gasteiger partial charge >= 0.3 is 0 Å². The molecule has 2 aromatic carbocycles. The Kier molecular flexibility index (Phi) is 4.70. The standard InChI is InChI=1S/C18H14Cl2N2O/c1-12-5-7-13(8-6-12)22-21-11-14-9-10-17(23-14)15-3-2-4-16(19)18(15)20/h2-11,22H,1H3. The van der Waals surface area contributed by atoms with Crippen LogP contribution in [0.2, 0.25) is 10.0 Å². The zero-order valence-electron chi connectivity index (χ0n) is 12.4. The maximum absolute atomic E-state index is 6.20. The molecule has 0 bridgehead atoms. The fourth-order valence-electron chi connectivity index (χ4n) is 2.06. The minimum atomic E-state index is 0.477. The third-order valence-corrected chi connectivity index (χ3v) is 4.10. The molecule has 1 aromatic heterocycles. The van der Waals surface area contributed by atoms with E-state index in [0.29, 0.717) is 21.6 Å². The summed E-state index contributed by atoms with van der Waals surface area (Å²) in [5.41, 5.74) is 5.82. The molecular formula is C18H14Cl2N2O. The number of nitrogens with zero attached hydrogens (tertiary/aromatic N) is 1. The van der Waals surface area contributed by atoms with E-state index in [1.54, 1.807) is 12.3 Å². The molecule has 3 nitrogen and oxygen atoms in total. The lowest BCUT2D eigenvalue weighted by atomic mass is 10.2. The van der Waals surface area contributed by atoms with Gasteiger partial charge in [-0.05, 0) is 43.3 Å². The van der Waals surface area contributed by atoms with Crippen LogP contribution in [0.15, 0.2) is 64.1 Å². The maximum atomic E-state index is 6.20. The van der Waals surface area contributed by atoms with E-state index in [9.17, 15) is 0 Å². The fraction of sp³-hybridized carbons (Fsp3) is 0.0556. The van der Waals surface area contributed by atoms with E-state index in [1.807, 2.05) is 55.5 Å². The highest BCUT2D eigenvalue weighted by Gasteiger charge is 2.10. The predicted octanol–water partition coefficient (Wildman–Crippen LogP) is 6.01. The second-order valence-electron chi connectivity index (χ2n) is 5.04. The molecule has 0 aliphatic carbocycles. The molecule has 5 heteroatoms. The number of furan rings is 1. The number of hydrogen-bond donors (Lipinski definition) is 1. The summed E-state index contributed by atoms with van der Waals surface area (Å²) in [4.78, 5) is 0. The highest BCUT2D eigenvalue weighted by atomic mass is 35.5. The van der Waals surface area contributed by atoms with Crippen LogP contribution in [-0.2, 0) is 0 Å². The van der Waals surface area contributed by atoms with Gasteiger partial charge in [0.05, 0.1) is 21.9 Å². The molecule has 0 aliphatic rings. The first-order chi connectivity index (χ1) is 11.1. The normalized spacial score (nSPS) is 11.1. The topological polar surface area (TPSA) is 37.5 Å². The van der Waals surface area contributed by atoms with Crippen molar-refractivity contribution in [3.8, 4) is 11.3 Å². The molecule has 3 aromatic rings. The number of anilines is 1. The van der Waals surface area contributed by atoms with E-state index in [4.69, 9.17) is 27.6 Å². The molecule has 0 unspecified atom stereocenters. The number of hydrogen-bond acceptors (Lipinski definition) is 3. The van der Waals surface area contributed by atoms with Gasteiger partial charge < -0.3 is 4.42 Å². The number of benzene rings is 2. The Hall–Kier alpha value is -2.23. The maximum Gasteiger partial charge on any atom is 0.147 e. The van der Waals surface area contributed by atoms with E-state index in [1.165, 1.54) is 5.56 Å². The van der Waals surface area contributed by atoms with Crippen molar-refractivity contribution in [1.29, 1.82) is 0 Å². The molecule has 0 atom stereocenters. The van der Waals surface area contributed by atoms with E-state index in [0.717, 1.165) is 11.3 Å². The molecule has 0 spiro atoms. The van der Waals surface area contributed by atoms with Gasteiger partial charge in [0.25, 0.3) is 0 Å². The molecule has 1 N–H and O–H groups in total. The fourth-order valence-corrected chi connectivity index (χ4v) is 2.45. The Balaban J connectivity index is 1.73. The Morgan fingerprint density at radius 3 is 2.57 bits per heavy atom. The molecule has 23 heavy (non-hydrogen) atoms. The smallest absolute Gasteiger partial charge is 0.147 e. The van der Waals surface area contributed by atoms with E-state index in [2.05, 4.69) is 10.5 Å². The summed E-state index contributed by atoms with van der Waals surface area (Å²) < 4.78 is 5.73. The first-order valence-corrected chi connectivity index (χ1v) is 7.79. The number of nitrogens with one attached hydrogen (secondary N) is 1. The van der Waals surface area contributed by atoms with Crippen LogP contribution in [0, 0.1) is 6.92 Å². The van der Waals surface area contributed by atoms with Gasteiger partial charge in [-0.2, -0.15) is 5.10 Å². The van der Waals surface area contributed by atoms with Crippen LogP contribution in [-0.4, -0.2) is 6.21 Å². The third kappa shape index (κ3) is 3.76. The van der Waals surface area contributed by atoms with Crippen molar-refractivity contribution in [2.75, 3.05) is 5.43 Å². The second kappa shape index (κ2) is 6.90. The van der Waals surface area contributed by atoms with Crippen LogP contribution in [0.25, 0.3) is 11.3 Å². The molecular weight excluding hydrogens is 331 g/mol. The van der Waals surface area contributed by atoms with Crippen LogP contribution < -0.4 is 5.43 Å². The van der Waals surface area contributed by atoms with Gasteiger partial charge in [0.2, 0.25) is 0 Å². The van der Waals surface area contributed by atoms with Crippen molar-refractivity contribution in [1.82, 2.24) is 0 Å². The quantitative estimate of drug-likeness (QED) is 0.465. The van der Waals surface area contributed by atoms with Crippen molar-refractivity contribution in [2.24, 2.45) is 5.10 Å². The van der Waals surface area contributed by atoms with Gasteiger partial charge in [0, 0.05) is 5.56 Å². The summed E-state index contributed by atoms with van der Waals surface area (Å²) in [6.45, 7) is 2.04. The van der Waals surface area contributed by atoms with Crippen LogP contribution >= 0.6 is 23.2 Å². The highest BCUT2D eigenvalue weighted by Crippen LogP contribution is 2.34. The van der Waals surface area contributed by atoms with E-state index < -0.39 is 0 Å². The molecule has 116 valence electrons. The summed E-state index contributed by atoms with van der Waals surface area (Å²) in [7, 11) is 0. The molecule has 0 saturated carbocycles. The van der Waals surface area contributed by atoms with Crippen molar-refractivity contribution in [3.05, 3.63) is 76.0 Å². The zero-order valence-corrected chi connectivity index (χ0v) is 13.9. The number of aryl methyl sites for hydroxylation is 1. The first-order valence-electron chi connectivity index (χ1n) is 7.03. The Bertz CT molecular complexity index is 838. The lowest BCUT2D eigenvalue weighted by Crippen LogP contribution is -1.89. The number of halogens is 2. The van der Waals surface area contributed by atoms with Gasteiger partial charge in [-0.1, -0.05) is 47.0 Å². The number of hydrazone groups is 1. The van der Waals surface area contributed by atoms with Gasteiger partial charge in [-0.15, -0.1) is 0 Å². The van der Waals surface area contributed by atoms with Gasteiger partial charge in [0.1, 0.15) is 11.5 Å². The highest BCUT2D eigenvalue weighted by molar-refractivity contribution is 6.43. The molecule has 0 amide bonds. The van der Waals surface area contributed by atoms with Crippen molar-refractivity contribution < 1.29 is 4.42 Å². The molecule has 1 heterocycles. The van der Waals surface area contributed by atoms with Gasteiger partial charge in [0.15, 0.2) is 0 Å². The largest absolute Gasteiger partial charge is 0.455 e. The summed E-state index contributed by atoms with van der Waals surface area (Å²) in [6, 6.07) is 17.1. The van der Waals surface area contributed by atoms with Gasteiger partial charge in [-0.25, -0.2) is 0 Å².